The van der Waals surface area contributed by atoms with Crippen molar-refractivity contribution in [2.45, 2.75) is 36.5 Å². The van der Waals surface area contributed by atoms with Gasteiger partial charge in [0.15, 0.2) is 0 Å². The van der Waals surface area contributed by atoms with Gasteiger partial charge < -0.3 is 19.9 Å². The van der Waals surface area contributed by atoms with Gasteiger partial charge in [-0.25, -0.2) is 14.2 Å². The lowest BCUT2D eigenvalue weighted by Crippen LogP contribution is -2.34. The van der Waals surface area contributed by atoms with Gasteiger partial charge >= 0.3 is 6.09 Å². The maximum Gasteiger partial charge on any atom is 0.414 e. The zero-order chi connectivity index (χ0) is 28.2. The number of hydrogen-bond donors (Lipinski definition) is 2. The molecule has 0 bridgehead atoms. The molecule has 0 radical (unpaired) electrons. The normalized spacial score (nSPS) is 17.6. The number of alkyl halides is 1. The zero-order valence-corrected chi connectivity index (χ0v) is 23.4. The molecule has 2 N–H and O–H groups in total. The predicted octanol–water partition coefficient (Wildman–Crippen LogP) is 4.03. The molecule has 10 nitrogen and oxygen atoms in total. The Labute approximate surface area is 239 Å². The number of pyridine rings is 2. The first-order valence-corrected chi connectivity index (χ1v) is 14.4. The molecule has 1 saturated heterocycles. The predicted molar refractivity (Wildman–Crippen MR) is 151 cm³/mol. The number of benzene rings is 1. The standard InChI is InChI=1S/C27H29ClFN5O5S/c1-38-25-7-5-21-26(32-25)19(20(29)11-30-21)14-33(12-17(35)10-28)8-2-3-18-13-34(27(37)39-18)16-4-6-23-22(9-16)31-24(36)15-40-23/h4-7,9,11,17-18,35H,2-3,8,10,12-15H2,1H3,(H,31,36)/t17-,18+/m0/s1. The van der Waals surface area contributed by atoms with Gasteiger partial charge in [-0.3, -0.25) is 19.6 Å². The number of carbonyl (C=O) groups excluding carboxylic acids is 2. The van der Waals surface area contributed by atoms with E-state index in [-0.39, 0.29) is 31.0 Å². The fraction of sp³-hybridized carbons (Fsp3) is 0.407. The summed E-state index contributed by atoms with van der Waals surface area (Å²) in [6.07, 6.45) is 0.774. The Bertz CT molecular complexity index is 1420. The molecule has 13 heteroatoms. The number of amides is 2. The van der Waals surface area contributed by atoms with E-state index in [9.17, 15) is 19.1 Å². The molecule has 2 amide bonds. The number of hydrogen-bond acceptors (Lipinski definition) is 9. The Morgan fingerprint density at radius 2 is 2.20 bits per heavy atom. The number of halogens is 2. The molecule has 3 aromatic rings. The van der Waals surface area contributed by atoms with Gasteiger partial charge in [0.2, 0.25) is 11.8 Å². The molecule has 212 valence electrons. The van der Waals surface area contributed by atoms with Gasteiger partial charge in [-0.05, 0) is 43.7 Å². The molecule has 2 atom stereocenters. The SMILES string of the molecule is COc1ccc2ncc(F)c(CN(CCC[C@@H]3CN(c4ccc5c(c4)NC(=O)CS5)C(=O)O3)C[C@@H](O)CCl)c2n1. The number of aliphatic hydroxyl groups excluding tert-OH is 1. The topological polar surface area (TPSA) is 117 Å². The van der Waals surface area contributed by atoms with Crippen LogP contribution in [0.1, 0.15) is 18.4 Å². The maximum atomic E-state index is 14.9. The van der Waals surface area contributed by atoms with Crippen molar-refractivity contribution in [2.75, 3.05) is 48.6 Å². The van der Waals surface area contributed by atoms with Crippen LogP contribution in [0.3, 0.4) is 0 Å². The number of ether oxygens (including phenoxy) is 2. The monoisotopic (exact) mass is 589 g/mol. The summed E-state index contributed by atoms with van der Waals surface area (Å²) in [7, 11) is 1.49. The van der Waals surface area contributed by atoms with Crippen molar-refractivity contribution in [3.8, 4) is 5.88 Å². The van der Waals surface area contributed by atoms with Gasteiger partial charge in [0.1, 0.15) is 17.4 Å². The lowest BCUT2D eigenvalue weighted by Gasteiger charge is -2.25. The van der Waals surface area contributed by atoms with Gasteiger partial charge in [0.25, 0.3) is 0 Å². The van der Waals surface area contributed by atoms with Crippen molar-refractivity contribution in [1.82, 2.24) is 14.9 Å². The Morgan fingerprint density at radius 3 is 3.00 bits per heavy atom. The zero-order valence-electron chi connectivity index (χ0n) is 21.8. The molecular weight excluding hydrogens is 561 g/mol. The molecule has 0 spiro atoms. The second kappa shape index (κ2) is 12.5. The van der Waals surface area contributed by atoms with Crippen LogP contribution in [0.2, 0.25) is 0 Å². The molecule has 0 saturated carbocycles. The highest BCUT2D eigenvalue weighted by molar-refractivity contribution is 8.00. The van der Waals surface area contributed by atoms with Crippen molar-refractivity contribution < 1.29 is 28.6 Å². The highest BCUT2D eigenvalue weighted by Gasteiger charge is 2.33. The smallest absolute Gasteiger partial charge is 0.414 e. The molecule has 40 heavy (non-hydrogen) atoms. The Morgan fingerprint density at radius 1 is 1.35 bits per heavy atom. The third-order valence-electron chi connectivity index (χ3n) is 6.76. The summed E-state index contributed by atoms with van der Waals surface area (Å²) in [5, 5.41) is 13.1. The average Bonchev–Trinajstić information content (AvgIpc) is 3.33. The van der Waals surface area contributed by atoms with E-state index < -0.39 is 18.0 Å². The molecule has 1 aromatic carbocycles. The van der Waals surface area contributed by atoms with Crippen molar-refractivity contribution in [3.05, 3.63) is 47.9 Å². The van der Waals surface area contributed by atoms with Crippen molar-refractivity contribution >= 4 is 57.8 Å². The summed E-state index contributed by atoms with van der Waals surface area (Å²) in [5.41, 5.74) is 2.62. The first-order chi connectivity index (χ1) is 19.3. The molecule has 2 aliphatic heterocycles. The molecule has 2 aliphatic rings. The molecule has 2 aromatic heterocycles. The molecular formula is C27H29ClFN5O5S. The van der Waals surface area contributed by atoms with Crippen LogP contribution in [-0.4, -0.2) is 82.6 Å². The summed E-state index contributed by atoms with van der Waals surface area (Å²) in [6.45, 7) is 1.27. The number of rotatable bonds is 11. The van der Waals surface area contributed by atoms with Crippen LogP contribution in [0.15, 0.2) is 41.4 Å². The van der Waals surface area contributed by atoms with E-state index in [0.717, 1.165) is 4.90 Å². The van der Waals surface area contributed by atoms with Crippen LogP contribution in [0.5, 0.6) is 5.88 Å². The Kier molecular flexibility index (Phi) is 8.89. The van der Waals surface area contributed by atoms with E-state index >= 15 is 0 Å². The van der Waals surface area contributed by atoms with Gasteiger partial charge in [0, 0.05) is 41.2 Å². The van der Waals surface area contributed by atoms with E-state index in [1.54, 1.807) is 23.1 Å². The minimum Gasteiger partial charge on any atom is -0.481 e. The summed E-state index contributed by atoms with van der Waals surface area (Å²) in [5.74, 6) is 0.181. The van der Waals surface area contributed by atoms with Crippen LogP contribution in [-0.2, 0) is 16.1 Å². The highest BCUT2D eigenvalue weighted by atomic mass is 35.5. The van der Waals surface area contributed by atoms with Crippen LogP contribution in [0.4, 0.5) is 20.6 Å². The number of aliphatic hydroxyl groups is 1. The molecule has 1 fully saturated rings. The number of anilines is 2. The van der Waals surface area contributed by atoms with Gasteiger partial charge in [-0.1, -0.05) is 0 Å². The van der Waals surface area contributed by atoms with Crippen molar-refractivity contribution in [2.24, 2.45) is 0 Å². The number of cyclic esters (lactones) is 1. The lowest BCUT2D eigenvalue weighted by molar-refractivity contribution is -0.113. The Balaban J connectivity index is 1.24. The maximum absolute atomic E-state index is 14.9. The van der Waals surface area contributed by atoms with Crippen molar-refractivity contribution in [3.63, 3.8) is 0 Å². The molecule has 5 rings (SSSR count). The fourth-order valence-corrected chi connectivity index (χ4v) is 5.70. The van der Waals surface area contributed by atoms with E-state index in [0.29, 0.717) is 65.5 Å². The molecule has 0 unspecified atom stereocenters. The number of nitrogens with one attached hydrogen (secondary N) is 1. The summed E-state index contributed by atoms with van der Waals surface area (Å²) in [4.78, 5) is 37.4. The first kappa shape index (κ1) is 28.3. The van der Waals surface area contributed by atoms with E-state index in [4.69, 9.17) is 21.1 Å². The second-order valence-electron chi connectivity index (χ2n) is 9.63. The second-order valence-corrected chi connectivity index (χ2v) is 11.0. The lowest BCUT2D eigenvalue weighted by atomic mass is 10.1. The fourth-order valence-electron chi connectivity index (χ4n) is 4.81. The van der Waals surface area contributed by atoms with Crippen LogP contribution in [0, 0.1) is 5.82 Å². The number of carbonyl (C=O) groups is 2. The third kappa shape index (κ3) is 6.41. The Hall–Kier alpha value is -3.19. The van der Waals surface area contributed by atoms with Crippen molar-refractivity contribution in [1.29, 1.82) is 0 Å². The van der Waals surface area contributed by atoms with Crippen LogP contribution in [0.25, 0.3) is 11.0 Å². The highest BCUT2D eigenvalue weighted by Crippen LogP contribution is 2.35. The van der Waals surface area contributed by atoms with Gasteiger partial charge in [-0.2, -0.15) is 0 Å². The quantitative estimate of drug-likeness (QED) is 0.320. The van der Waals surface area contributed by atoms with Gasteiger partial charge in [-0.15, -0.1) is 23.4 Å². The number of aromatic nitrogens is 2. The van der Waals surface area contributed by atoms with E-state index in [1.165, 1.54) is 25.1 Å². The number of thioether (sulfide) groups is 1. The molecule has 4 heterocycles. The summed E-state index contributed by atoms with van der Waals surface area (Å²) < 4.78 is 25.8. The number of methoxy groups -OCH3 is 1. The largest absolute Gasteiger partial charge is 0.481 e. The number of nitrogens with zero attached hydrogens (tertiary/aromatic N) is 4. The average molecular weight is 590 g/mol. The van der Waals surface area contributed by atoms with Gasteiger partial charge in [0.05, 0.1) is 42.9 Å². The third-order valence-corrected chi connectivity index (χ3v) is 8.19. The minimum absolute atomic E-state index is 0.0388. The van der Waals surface area contributed by atoms with E-state index in [2.05, 4.69) is 15.3 Å². The van der Waals surface area contributed by atoms with E-state index in [1.807, 2.05) is 17.0 Å². The first-order valence-electron chi connectivity index (χ1n) is 12.8. The number of fused-ring (bicyclic) bond motifs is 2. The summed E-state index contributed by atoms with van der Waals surface area (Å²) >= 11 is 7.33. The van der Waals surface area contributed by atoms with Crippen LogP contribution >= 0.6 is 23.4 Å². The summed E-state index contributed by atoms with van der Waals surface area (Å²) in [6, 6.07) is 8.91. The molecule has 0 aliphatic carbocycles. The van der Waals surface area contributed by atoms with Crippen LogP contribution < -0.4 is 15.0 Å². The minimum atomic E-state index is -0.803.